The number of fused-ring (bicyclic) bond motifs is 1. The number of benzene rings is 2. The Morgan fingerprint density at radius 1 is 0.909 bits per heavy atom. The molecular weight excluding hydrogens is 414 g/mol. The number of hydrogen-bond acceptors (Lipinski definition) is 3. The molecule has 3 heterocycles. The second kappa shape index (κ2) is 9.30. The van der Waals surface area contributed by atoms with Crippen LogP contribution in [0.4, 0.5) is 0 Å². The van der Waals surface area contributed by atoms with Gasteiger partial charge in [0.2, 0.25) is 0 Å². The SMILES string of the molecule is COc1ccc2cc(C(=O)N3CCC(Cc4ccc(C(=O)N5CCCC5)cc4)CC3)[nH]c2c1. The summed E-state index contributed by atoms with van der Waals surface area (Å²) in [6, 6.07) is 15.9. The maximum absolute atomic E-state index is 13.0. The van der Waals surface area contributed by atoms with Crippen molar-refractivity contribution >= 4 is 22.7 Å². The largest absolute Gasteiger partial charge is 0.497 e. The van der Waals surface area contributed by atoms with Gasteiger partial charge in [-0.25, -0.2) is 0 Å². The summed E-state index contributed by atoms with van der Waals surface area (Å²) >= 11 is 0. The van der Waals surface area contributed by atoms with E-state index in [2.05, 4.69) is 17.1 Å². The van der Waals surface area contributed by atoms with Crippen LogP contribution in [0.15, 0.2) is 48.5 Å². The van der Waals surface area contributed by atoms with Gasteiger partial charge in [-0.05, 0) is 73.9 Å². The van der Waals surface area contributed by atoms with E-state index in [1.54, 1.807) is 7.11 Å². The van der Waals surface area contributed by atoms with Crippen LogP contribution in [-0.4, -0.2) is 59.9 Å². The second-order valence-electron chi connectivity index (χ2n) is 9.27. The average Bonchev–Trinajstić information content (AvgIpc) is 3.54. The third-order valence-electron chi connectivity index (χ3n) is 7.08. The number of aromatic amines is 1. The lowest BCUT2D eigenvalue weighted by Gasteiger charge is -2.32. The Labute approximate surface area is 194 Å². The minimum absolute atomic E-state index is 0.0633. The van der Waals surface area contributed by atoms with Crippen molar-refractivity contribution < 1.29 is 14.3 Å². The molecule has 6 heteroatoms. The molecule has 1 aromatic heterocycles. The minimum atomic E-state index is 0.0633. The lowest BCUT2D eigenvalue weighted by molar-refractivity contribution is 0.0685. The van der Waals surface area contributed by atoms with Crippen molar-refractivity contribution in [3.63, 3.8) is 0 Å². The molecule has 172 valence electrons. The molecule has 0 unspecified atom stereocenters. The Morgan fingerprint density at radius 2 is 1.61 bits per heavy atom. The summed E-state index contributed by atoms with van der Waals surface area (Å²) in [5.74, 6) is 1.55. The first-order chi connectivity index (χ1) is 16.1. The third kappa shape index (κ3) is 4.61. The van der Waals surface area contributed by atoms with Gasteiger partial charge in [-0.15, -0.1) is 0 Å². The van der Waals surface area contributed by atoms with E-state index in [0.29, 0.717) is 11.6 Å². The average molecular weight is 446 g/mol. The minimum Gasteiger partial charge on any atom is -0.497 e. The summed E-state index contributed by atoms with van der Waals surface area (Å²) in [5.41, 5.74) is 3.61. The molecule has 6 nitrogen and oxygen atoms in total. The highest BCUT2D eigenvalue weighted by atomic mass is 16.5. The lowest BCUT2D eigenvalue weighted by Crippen LogP contribution is -2.39. The summed E-state index contributed by atoms with van der Waals surface area (Å²) in [6.07, 6.45) is 5.20. The lowest BCUT2D eigenvalue weighted by atomic mass is 9.89. The maximum Gasteiger partial charge on any atom is 0.270 e. The van der Waals surface area contributed by atoms with Crippen LogP contribution in [0.3, 0.4) is 0 Å². The Bertz CT molecular complexity index is 1140. The normalized spacial score (nSPS) is 17.0. The Kier molecular flexibility index (Phi) is 6.07. The third-order valence-corrected chi connectivity index (χ3v) is 7.08. The number of H-pyrrole nitrogens is 1. The molecule has 2 saturated heterocycles. The zero-order valence-electron chi connectivity index (χ0n) is 19.2. The van der Waals surface area contributed by atoms with Gasteiger partial charge in [-0.2, -0.15) is 0 Å². The van der Waals surface area contributed by atoms with Crippen LogP contribution in [0.1, 0.15) is 52.1 Å². The summed E-state index contributed by atoms with van der Waals surface area (Å²) in [7, 11) is 1.64. The molecule has 5 rings (SSSR count). The van der Waals surface area contributed by atoms with Gasteiger partial charge in [0, 0.05) is 48.7 Å². The zero-order chi connectivity index (χ0) is 22.8. The molecule has 2 fully saturated rings. The maximum atomic E-state index is 13.0. The number of likely N-dealkylation sites (tertiary alicyclic amines) is 2. The number of amides is 2. The first-order valence-electron chi connectivity index (χ1n) is 11.9. The van der Waals surface area contributed by atoms with Crippen molar-refractivity contribution in [2.45, 2.75) is 32.1 Å². The van der Waals surface area contributed by atoms with E-state index in [1.165, 1.54) is 5.56 Å². The molecule has 2 aromatic carbocycles. The van der Waals surface area contributed by atoms with E-state index in [9.17, 15) is 9.59 Å². The number of nitrogens with zero attached hydrogens (tertiary/aromatic N) is 2. The molecule has 33 heavy (non-hydrogen) atoms. The van der Waals surface area contributed by atoms with E-state index in [4.69, 9.17) is 4.74 Å². The van der Waals surface area contributed by atoms with Crippen LogP contribution in [-0.2, 0) is 6.42 Å². The predicted octanol–water partition coefficient (Wildman–Crippen LogP) is 4.51. The number of carbonyl (C=O) groups is 2. The van der Waals surface area contributed by atoms with E-state index < -0.39 is 0 Å². The molecule has 3 aromatic rings. The Morgan fingerprint density at radius 3 is 2.30 bits per heavy atom. The number of aromatic nitrogens is 1. The quantitative estimate of drug-likeness (QED) is 0.629. The molecule has 1 N–H and O–H groups in total. The van der Waals surface area contributed by atoms with Crippen molar-refractivity contribution in [1.82, 2.24) is 14.8 Å². The fraction of sp³-hybridized carbons (Fsp3) is 0.407. The fourth-order valence-electron chi connectivity index (χ4n) is 5.08. The summed E-state index contributed by atoms with van der Waals surface area (Å²) in [4.78, 5) is 32.7. The Balaban J connectivity index is 1.15. The second-order valence-corrected chi connectivity index (χ2v) is 9.27. The smallest absolute Gasteiger partial charge is 0.270 e. The van der Waals surface area contributed by atoms with Crippen molar-refractivity contribution in [2.24, 2.45) is 5.92 Å². The first-order valence-corrected chi connectivity index (χ1v) is 11.9. The van der Waals surface area contributed by atoms with Crippen LogP contribution >= 0.6 is 0 Å². The standard InChI is InChI=1S/C27H31N3O3/c1-33-23-9-8-22-17-25(28-24(22)18-23)27(32)30-14-10-20(11-15-30)16-19-4-6-21(7-5-19)26(31)29-12-2-3-13-29/h4-9,17-18,20,28H,2-3,10-16H2,1H3. The van der Waals surface area contributed by atoms with Gasteiger partial charge in [0.1, 0.15) is 11.4 Å². The van der Waals surface area contributed by atoms with Gasteiger partial charge in [-0.3, -0.25) is 9.59 Å². The topological polar surface area (TPSA) is 65.6 Å². The molecule has 0 atom stereocenters. The van der Waals surface area contributed by atoms with Crippen LogP contribution in [0, 0.1) is 5.92 Å². The van der Waals surface area contributed by atoms with E-state index in [1.807, 2.05) is 46.2 Å². The van der Waals surface area contributed by atoms with Crippen LogP contribution in [0.2, 0.25) is 0 Å². The van der Waals surface area contributed by atoms with Crippen molar-refractivity contribution in [3.05, 3.63) is 65.4 Å². The summed E-state index contributed by atoms with van der Waals surface area (Å²) in [6.45, 7) is 3.30. The number of nitrogens with one attached hydrogen (secondary N) is 1. The van der Waals surface area contributed by atoms with Crippen molar-refractivity contribution in [2.75, 3.05) is 33.3 Å². The molecule has 2 aliphatic heterocycles. The highest BCUT2D eigenvalue weighted by molar-refractivity contribution is 5.98. The van der Waals surface area contributed by atoms with E-state index in [-0.39, 0.29) is 11.8 Å². The molecule has 2 amide bonds. The van der Waals surface area contributed by atoms with E-state index in [0.717, 1.165) is 80.5 Å². The molecular formula is C27H31N3O3. The predicted molar refractivity (Wildman–Crippen MR) is 129 cm³/mol. The van der Waals surface area contributed by atoms with Gasteiger partial charge in [-0.1, -0.05) is 12.1 Å². The van der Waals surface area contributed by atoms with E-state index >= 15 is 0 Å². The first kappa shape index (κ1) is 21.6. The number of rotatable bonds is 5. The van der Waals surface area contributed by atoms with Gasteiger partial charge >= 0.3 is 0 Å². The summed E-state index contributed by atoms with van der Waals surface area (Å²) in [5, 5.41) is 1.01. The highest BCUT2D eigenvalue weighted by Crippen LogP contribution is 2.26. The number of ether oxygens (including phenoxy) is 1. The monoisotopic (exact) mass is 445 g/mol. The molecule has 0 bridgehead atoms. The van der Waals surface area contributed by atoms with Crippen LogP contribution in [0.25, 0.3) is 10.9 Å². The molecule has 0 saturated carbocycles. The summed E-state index contributed by atoms with van der Waals surface area (Å²) < 4.78 is 5.28. The molecule has 0 radical (unpaired) electrons. The number of hydrogen-bond donors (Lipinski definition) is 1. The highest BCUT2D eigenvalue weighted by Gasteiger charge is 2.25. The number of carbonyl (C=O) groups excluding carboxylic acids is 2. The fourth-order valence-corrected chi connectivity index (χ4v) is 5.08. The number of piperidine rings is 1. The van der Waals surface area contributed by atoms with Crippen molar-refractivity contribution in [1.29, 1.82) is 0 Å². The van der Waals surface area contributed by atoms with Crippen LogP contribution < -0.4 is 4.74 Å². The Hall–Kier alpha value is -3.28. The van der Waals surface area contributed by atoms with Crippen LogP contribution in [0.5, 0.6) is 5.75 Å². The molecule has 0 aliphatic carbocycles. The number of methoxy groups -OCH3 is 1. The van der Waals surface area contributed by atoms with Gasteiger partial charge in [0.05, 0.1) is 7.11 Å². The van der Waals surface area contributed by atoms with Gasteiger partial charge in [0.15, 0.2) is 0 Å². The van der Waals surface area contributed by atoms with Crippen molar-refractivity contribution in [3.8, 4) is 5.75 Å². The molecule has 0 spiro atoms. The molecule has 2 aliphatic rings. The van der Waals surface area contributed by atoms with Gasteiger partial charge < -0.3 is 19.5 Å². The zero-order valence-corrected chi connectivity index (χ0v) is 19.2. The van der Waals surface area contributed by atoms with Gasteiger partial charge in [0.25, 0.3) is 11.8 Å².